The minimum absolute atomic E-state index is 0.0615. The average Bonchev–Trinajstić information content (AvgIpc) is 3.20. The standard InChI is InChI=1S/C47H73NO16/c1-29-17-15-13-11-9-7-5-6-8-10-12-14-16-18-35(63-43-26-36(48)45(57)31(3)62-43)25-41-44(46(58)59)40(55)28-47(60-4,64-41)27-34(51)23-39(54)37(52)20-19-32(49)22-33(50)24-42(56)61-30(2)21-38(29)53/h5-18,29-41,43-45,49-55,57H,19-28,48H2,1-4H3,(H,58,59)/b6-5-,9-7-,10-8-,13-11-,14-12-,17-15-,18-16-/t29-,30-,31+,32?,33?,34?,35?,36+,37?,38?,39?,40-,41-,43-,44?,45?,47?/m0/s1. The first-order chi connectivity index (χ1) is 30.3. The summed E-state index contributed by atoms with van der Waals surface area (Å²) in [6.45, 7) is 5.12. The Morgan fingerprint density at radius 2 is 1.28 bits per heavy atom. The zero-order chi connectivity index (χ0) is 47.4. The number of aliphatic carboxylic acids is 1. The molecule has 3 heterocycles. The number of aliphatic hydroxyl groups is 8. The smallest absolute Gasteiger partial charge is 0.311 e. The molecule has 2 bridgehead atoms. The molecule has 362 valence electrons. The summed E-state index contributed by atoms with van der Waals surface area (Å²) in [5.74, 6) is -5.45. The number of ether oxygens (including phenoxy) is 5. The topological polar surface area (TPSA) is 288 Å². The van der Waals surface area contributed by atoms with Crippen LogP contribution in [0.2, 0.25) is 0 Å². The third-order valence-corrected chi connectivity index (χ3v) is 11.6. The van der Waals surface area contributed by atoms with Crippen molar-refractivity contribution in [1.82, 2.24) is 0 Å². The van der Waals surface area contributed by atoms with E-state index in [1.54, 1.807) is 50.3 Å². The van der Waals surface area contributed by atoms with Crippen LogP contribution in [0.15, 0.2) is 85.1 Å². The number of carbonyl (C=O) groups is 2. The summed E-state index contributed by atoms with van der Waals surface area (Å²) >= 11 is 0. The van der Waals surface area contributed by atoms with Crippen molar-refractivity contribution < 1.29 is 79.2 Å². The lowest BCUT2D eigenvalue weighted by Crippen LogP contribution is -2.57. The number of esters is 1. The van der Waals surface area contributed by atoms with Crippen LogP contribution in [0.1, 0.15) is 85.0 Å². The molecule has 2 saturated heterocycles. The van der Waals surface area contributed by atoms with Crippen LogP contribution in [0.5, 0.6) is 0 Å². The van der Waals surface area contributed by atoms with Crippen LogP contribution in [-0.2, 0) is 33.3 Å². The molecule has 3 rings (SSSR count). The van der Waals surface area contributed by atoms with Gasteiger partial charge in [0.1, 0.15) is 12.0 Å². The van der Waals surface area contributed by atoms with Crippen LogP contribution in [-0.4, -0.2) is 156 Å². The second kappa shape index (κ2) is 27.9. The molecular formula is C47H73NO16. The van der Waals surface area contributed by atoms with Crippen molar-refractivity contribution in [2.75, 3.05) is 7.11 Å². The molecule has 17 nitrogen and oxygen atoms in total. The highest BCUT2D eigenvalue weighted by molar-refractivity contribution is 5.71. The van der Waals surface area contributed by atoms with E-state index in [0.29, 0.717) is 0 Å². The van der Waals surface area contributed by atoms with Crippen LogP contribution < -0.4 is 5.73 Å². The number of hydrogen-bond acceptors (Lipinski definition) is 16. The molecule has 2 fully saturated rings. The van der Waals surface area contributed by atoms with Gasteiger partial charge in [0.15, 0.2) is 12.1 Å². The summed E-state index contributed by atoms with van der Waals surface area (Å²) in [6.07, 6.45) is 9.18. The Morgan fingerprint density at radius 1 is 0.688 bits per heavy atom. The zero-order valence-corrected chi connectivity index (χ0v) is 37.4. The van der Waals surface area contributed by atoms with Crippen LogP contribution in [0.4, 0.5) is 0 Å². The third-order valence-electron chi connectivity index (χ3n) is 11.6. The summed E-state index contributed by atoms with van der Waals surface area (Å²) in [7, 11) is 1.28. The van der Waals surface area contributed by atoms with E-state index in [1.165, 1.54) is 7.11 Å². The van der Waals surface area contributed by atoms with Crippen LogP contribution >= 0.6 is 0 Å². The lowest BCUT2D eigenvalue weighted by molar-refractivity contribution is -0.314. The molecule has 0 aliphatic carbocycles. The van der Waals surface area contributed by atoms with E-state index in [0.717, 1.165) is 0 Å². The lowest BCUT2D eigenvalue weighted by Gasteiger charge is -2.46. The largest absolute Gasteiger partial charge is 0.481 e. The van der Waals surface area contributed by atoms with Gasteiger partial charge >= 0.3 is 11.9 Å². The van der Waals surface area contributed by atoms with E-state index in [-0.39, 0.29) is 63.7 Å². The van der Waals surface area contributed by atoms with Crippen LogP contribution in [0.3, 0.4) is 0 Å². The molecule has 0 radical (unpaired) electrons. The fourth-order valence-corrected chi connectivity index (χ4v) is 7.95. The number of carbonyl (C=O) groups excluding carboxylic acids is 1. The van der Waals surface area contributed by atoms with Gasteiger partial charge in [-0.2, -0.15) is 0 Å². The minimum atomic E-state index is -1.73. The van der Waals surface area contributed by atoms with Crippen molar-refractivity contribution in [3.63, 3.8) is 0 Å². The lowest BCUT2D eigenvalue weighted by atomic mass is 9.82. The number of cyclic esters (lactones) is 1. The minimum Gasteiger partial charge on any atom is -0.481 e. The fourth-order valence-electron chi connectivity index (χ4n) is 7.95. The van der Waals surface area contributed by atoms with Crippen molar-refractivity contribution in [1.29, 1.82) is 0 Å². The molecule has 0 aromatic rings. The predicted molar refractivity (Wildman–Crippen MR) is 236 cm³/mol. The van der Waals surface area contributed by atoms with E-state index in [1.807, 2.05) is 55.5 Å². The molecule has 10 unspecified atom stereocenters. The molecule has 0 amide bonds. The number of methoxy groups -OCH3 is 1. The first kappa shape index (κ1) is 54.9. The maximum absolute atomic E-state index is 12.6. The second-order valence-corrected chi connectivity index (χ2v) is 17.2. The van der Waals surface area contributed by atoms with Crippen molar-refractivity contribution in [2.45, 2.75) is 176 Å². The third kappa shape index (κ3) is 19.2. The molecule has 17 heteroatoms. The van der Waals surface area contributed by atoms with Gasteiger partial charge in [0.05, 0.1) is 73.6 Å². The average molecular weight is 908 g/mol. The van der Waals surface area contributed by atoms with Crippen LogP contribution in [0, 0.1) is 11.8 Å². The summed E-state index contributed by atoms with van der Waals surface area (Å²) in [4.78, 5) is 25.1. The molecule has 3 aliphatic heterocycles. The predicted octanol–water partition coefficient (Wildman–Crippen LogP) is 2.15. The zero-order valence-electron chi connectivity index (χ0n) is 37.4. The van der Waals surface area contributed by atoms with E-state index in [4.69, 9.17) is 29.4 Å². The molecule has 11 N–H and O–H groups in total. The van der Waals surface area contributed by atoms with Gasteiger partial charge < -0.3 is 75.4 Å². The quantitative estimate of drug-likeness (QED) is 0.181. The van der Waals surface area contributed by atoms with E-state index in [2.05, 4.69) is 0 Å². The van der Waals surface area contributed by atoms with Crippen LogP contribution in [0.25, 0.3) is 0 Å². The summed E-state index contributed by atoms with van der Waals surface area (Å²) in [6, 6.07) is -0.651. The van der Waals surface area contributed by atoms with Gasteiger partial charge in [0.2, 0.25) is 0 Å². The van der Waals surface area contributed by atoms with Gasteiger partial charge in [0.25, 0.3) is 0 Å². The first-order valence-corrected chi connectivity index (χ1v) is 22.2. The molecule has 0 aromatic heterocycles. The molecule has 64 heavy (non-hydrogen) atoms. The molecule has 17 atom stereocenters. The number of allylic oxidation sites excluding steroid dienone is 12. The van der Waals surface area contributed by atoms with Gasteiger partial charge in [-0.15, -0.1) is 0 Å². The second-order valence-electron chi connectivity index (χ2n) is 17.2. The Balaban J connectivity index is 1.85. The van der Waals surface area contributed by atoms with E-state index >= 15 is 0 Å². The molecular weight excluding hydrogens is 835 g/mol. The van der Waals surface area contributed by atoms with E-state index in [9.17, 15) is 55.5 Å². The number of nitrogens with two attached hydrogens (primary N) is 1. The Morgan fingerprint density at radius 3 is 1.86 bits per heavy atom. The number of carboxylic acid groups (broad SMARTS) is 1. The van der Waals surface area contributed by atoms with Gasteiger partial charge in [-0.1, -0.05) is 92.0 Å². The maximum atomic E-state index is 12.6. The highest BCUT2D eigenvalue weighted by Crippen LogP contribution is 2.40. The van der Waals surface area contributed by atoms with Gasteiger partial charge in [-0.05, 0) is 33.1 Å². The summed E-state index contributed by atoms with van der Waals surface area (Å²) < 4.78 is 29.6. The fraction of sp³-hybridized carbons (Fsp3) is 0.660. The van der Waals surface area contributed by atoms with Crippen molar-refractivity contribution in [3.05, 3.63) is 85.1 Å². The molecule has 0 spiro atoms. The summed E-state index contributed by atoms with van der Waals surface area (Å²) in [5.41, 5.74) is 6.15. The summed E-state index contributed by atoms with van der Waals surface area (Å²) in [5, 5.41) is 96.2. The Labute approximate surface area is 376 Å². The monoisotopic (exact) mass is 907 g/mol. The van der Waals surface area contributed by atoms with Crippen molar-refractivity contribution in [2.24, 2.45) is 17.6 Å². The number of aliphatic hydroxyl groups excluding tert-OH is 8. The highest BCUT2D eigenvalue weighted by Gasteiger charge is 2.51. The molecule has 0 saturated carbocycles. The highest BCUT2D eigenvalue weighted by atomic mass is 16.7. The molecule has 0 aromatic carbocycles. The number of rotatable bonds is 4. The van der Waals surface area contributed by atoms with E-state index < -0.39 is 116 Å². The normalized spacial score (nSPS) is 43.7. The number of fused-ring (bicyclic) bond motifs is 2. The van der Waals surface area contributed by atoms with Gasteiger partial charge in [0, 0.05) is 57.6 Å². The van der Waals surface area contributed by atoms with Crippen molar-refractivity contribution in [3.8, 4) is 0 Å². The first-order valence-electron chi connectivity index (χ1n) is 22.2. The maximum Gasteiger partial charge on any atom is 0.311 e. The van der Waals surface area contributed by atoms with Crippen molar-refractivity contribution >= 4 is 11.9 Å². The SMILES string of the molecule is COC12CC(O)CC(O)C(O)CCC(O)CC(O)CC(=O)O[C@@H](C)CC(O)[C@@H](C)\C=C/C=C\C=C/C=C\C=C/C=C\C=C/C(O[C@H]3C[C@@H](N)C(O)[C@@H](C)O3)C[C@H](O1)C(C(=O)O)[C@@H](O)C2. The number of hydrogen-bond donors (Lipinski definition) is 10. The Hall–Kier alpha value is -3.40. The molecule has 3 aliphatic rings. The van der Waals surface area contributed by atoms with Gasteiger partial charge in [-0.25, -0.2) is 0 Å². The number of carboxylic acids is 1. The Bertz CT molecular complexity index is 1600. The van der Waals surface area contributed by atoms with Gasteiger partial charge in [-0.3, -0.25) is 9.59 Å². The Kier molecular flexibility index (Phi) is 24.0.